The predicted molar refractivity (Wildman–Crippen MR) is 114 cm³/mol. The van der Waals surface area contributed by atoms with Crippen LogP contribution in [0.1, 0.15) is 37.4 Å². The van der Waals surface area contributed by atoms with Crippen LogP contribution >= 0.6 is 0 Å². The molecule has 0 saturated carbocycles. The number of nitrogens with zero attached hydrogens (tertiary/aromatic N) is 1. The summed E-state index contributed by atoms with van der Waals surface area (Å²) in [5, 5.41) is 3.02. The minimum atomic E-state index is -3.68. The van der Waals surface area contributed by atoms with E-state index in [9.17, 15) is 13.2 Å². The van der Waals surface area contributed by atoms with Crippen LogP contribution in [0.25, 0.3) is 0 Å². The fourth-order valence-corrected chi connectivity index (χ4v) is 6.11. The summed E-state index contributed by atoms with van der Waals surface area (Å²) in [6, 6.07) is 17.7. The summed E-state index contributed by atoms with van der Waals surface area (Å²) in [7, 11) is -3.68. The first kappa shape index (κ1) is 21.0. The van der Waals surface area contributed by atoms with Gasteiger partial charge in [0.15, 0.2) is 0 Å². The second-order valence-corrected chi connectivity index (χ2v) is 9.83. The van der Waals surface area contributed by atoms with Gasteiger partial charge in [0.1, 0.15) is 6.04 Å². The van der Waals surface area contributed by atoms with Crippen molar-refractivity contribution in [3.8, 4) is 0 Å². The van der Waals surface area contributed by atoms with Gasteiger partial charge in [0.05, 0.1) is 11.0 Å². The van der Waals surface area contributed by atoms with Crippen molar-refractivity contribution in [2.45, 2.75) is 42.7 Å². The molecule has 4 rings (SSSR count). The molecule has 1 amide bonds. The number of sulfonamides is 1. The fraction of sp³-hybridized carbons (Fsp3) is 0.435. The average Bonchev–Trinajstić information content (AvgIpc) is 3.30. The first-order chi connectivity index (χ1) is 14.6. The van der Waals surface area contributed by atoms with E-state index >= 15 is 0 Å². The summed E-state index contributed by atoms with van der Waals surface area (Å²) >= 11 is 0. The standard InChI is InChI=1S/C23H28N2O4S/c26-23(21-14-7-15-25(21)30(27,28)20-12-5-2-6-13-20)24-17-19-11-8-16-29-22(19)18-9-3-1-4-10-18/h1-6,9-10,12-13,19,21-22H,7-8,11,14-17H2,(H,24,26). The zero-order valence-corrected chi connectivity index (χ0v) is 17.8. The van der Waals surface area contributed by atoms with Crippen molar-refractivity contribution in [2.75, 3.05) is 19.7 Å². The van der Waals surface area contributed by atoms with E-state index in [1.54, 1.807) is 30.3 Å². The molecule has 160 valence electrons. The van der Waals surface area contributed by atoms with Crippen LogP contribution in [0.5, 0.6) is 0 Å². The molecular formula is C23H28N2O4S. The van der Waals surface area contributed by atoms with Crippen molar-refractivity contribution >= 4 is 15.9 Å². The van der Waals surface area contributed by atoms with E-state index in [-0.39, 0.29) is 22.8 Å². The van der Waals surface area contributed by atoms with Gasteiger partial charge >= 0.3 is 0 Å². The molecule has 30 heavy (non-hydrogen) atoms. The molecule has 0 aliphatic carbocycles. The van der Waals surface area contributed by atoms with Crippen LogP contribution in [-0.4, -0.2) is 44.4 Å². The molecule has 6 nitrogen and oxygen atoms in total. The van der Waals surface area contributed by atoms with Gasteiger partial charge in [0.25, 0.3) is 0 Å². The van der Waals surface area contributed by atoms with Crippen LogP contribution in [0.3, 0.4) is 0 Å². The lowest BCUT2D eigenvalue weighted by atomic mass is 9.89. The number of rotatable bonds is 6. The third-order valence-electron chi connectivity index (χ3n) is 5.97. The zero-order chi connectivity index (χ0) is 21.0. The number of benzene rings is 2. The molecule has 0 radical (unpaired) electrons. The minimum Gasteiger partial charge on any atom is -0.373 e. The molecule has 2 aromatic carbocycles. The Bertz CT molecular complexity index is 950. The highest BCUT2D eigenvalue weighted by Gasteiger charge is 2.39. The summed E-state index contributed by atoms with van der Waals surface area (Å²) in [6.07, 6.45) is 3.11. The van der Waals surface area contributed by atoms with E-state index in [1.807, 2.05) is 18.2 Å². The summed E-state index contributed by atoms with van der Waals surface area (Å²) in [6.45, 7) is 1.57. The van der Waals surface area contributed by atoms with Crippen molar-refractivity contribution < 1.29 is 17.9 Å². The van der Waals surface area contributed by atoms with Crippen molar-refractivity contribution in [1.82, 2.24) is 9.62 Å². The molecule has 0 bridgehead atoms. The molecule has 3 atom stereocenters. The molecular weight excluding hydrogens is 400 g/mol. The summed E-state index contributed by atoms with van der Waals surface area (Å²) in [4.78, 5) is 13.2. The molecule has 3 unspecified atom stereocenters. The summed E-state index contributed by atoms with van der Waals surface area (Å²) in [5.74, 6) is -0.0462. The van der Waals surface area contributed by atoms with Gasteiger partial charge in [-0.3, -0.25) is 4.79 Å². The van der Waals surface area contributed by atoms with Crippen LogP contribution in [0.2, 0.25) is 0 Å². The Labute approximate surface area is 178 Å². The maximum atomic E-state index is 13.0. The highest BCUT2D eigenvalue weighted by Crippen LogP contribution is 2.33. The minimum absolute atomic E-state index is 0.0482. The number of hydrogen-bond acceptors (Lipinski definition) is 4. The van der Waals surface area contributed by atoms with E-state index in [0.717, 1.165) is 25.0 Å². The smallest absolute Gasteiger partial charge is 0.243 e. The van der Waals surface area contributed by atoms with E-state index in [1.165, 1.54) is 4.31 Å². The van der Waals surface area contributed by atoms with Crippen LogP contribution in [-0.2, 0) is 19.6 Å². The molecule has 2 aliphatic heterocycles. The van der Waals surface area contributed by atoms with Crippen molar-refractivity contribution in [3.63, 3.8) is 0 Å². The second-order valence-electron chi connectivity index (χ2n) is 7.94. The second kappa shape index (κ2) is 9.29. The van der Waals surface area contributed by atoms with E-state index < -0.39 is 16.1 Å². The lowest BCUT2D eigenvalue weighted by Gasteiger charge is -2.33. The van der Waals surface area contributed by atoms with Gasteiger partial charge in [-0.1, -0.05) is 48.5 Å². The third-order valence-corrected chi connectivity index (χ3v) is 7.89. The Hall–Kier alpha value is -2.22. The van der Waals surface area contributed by atoms with Gasteiger partial charge in [-0.15, -0.1) is 0 Å². The molecule has 1 N–H and O–H groups in total. The highest BCUT2D eigenvalue weighted by atomic mass is 32.2. The Kier molecular flexibility index (Phi) is 6.51. The molecule has 2 saturated heterocycles. The van der Waals surface area contributed by atoms with Crippen LogP contribution < -0.4 is 5.32 Å². The van der Waals surface area contributed by atoms with Gasteiger partial charge in [-0.05, 0) is 43.4 Å². The summed E-state index contributed by atoms with van der Waals surface area (Å²) in [5.41, 5.74) is 1.12. The zero-order valence-electron chi connectivity index (χ0n) is 16.9. The van der Waals surface area contributed by atoms with Gasteiger partial charge < -0.3 is 10.1 Å². The largest absolute Gasteiger partial charge is 0.373 e. The lowest BCUT2D eigenvalue weighted by Crippen LogP contribution is -2.47. The normalized spacial score (nSPS) is 25.1. The molecule has 2 aromatic rings. The molecule has 0 aromatic heterocycles. The maximum Gasteiger partial charge on any atom is 0.243 e. The van der Waals surface area contributed by atoms with Crippen molar-refractivity contribution in [2.24, 2.45) is 5.92 Å². The Morgan fingerprint density at radius 3 is 2.43 bits per heavy atom. The Morgan fingerprint density at radius 2 is 1.70 bits per heavy atom. The van der Waals surface area contributed by atoms with Gasteiger partial charge in [-0.2, -0.15) is 4.31 Å². The fourth-order valence-electron chi connectivity index (χ4n) is 4.43. The maximum absolute atomic E-state index is 13.0. The number of carbonyl (C=O) groups is 1. The quantitative estimate of drug-likeness (QED) is 0.767. The number of nitrogens with one attached hydrogen (secondary N) is 1. The SMILES string of the molecule is O=C(NCC1CCCOC1c1ccccc1)C1CCCN1S(=O)(=O)c1ccccc1. The Balaban J connectivity index is 1.43. The topological polar surface area (TPSA) is 75.7 Å². The molecule has 2 heterocycles. The van der Waals surface area contributed by atoms with Crippen LogP contribution in [0.15, 0.2) is 65.6 Å². The molecule has 7 heteroatoms. The lowest BCUT2D eigenvalue weighted by molar-refractivity contribution is -0.125. The highest BCUT2D eigenvalue weighted by molar-refractivity contribution is 7.89. The first-order valence-electron chi connectivity index (χ1n) is 10.6. The molecule has 0 spiro atoms. The van der Waals surface area contributed by atoms with Crippen molar-refractivity contribution in [3.05, 3.63) is 66.2 Å². The molecule has 2 fully saturated rings. The van der Waals surface area contributed by atoms with Gasteiger partial charge in [-0.25, -0.2) is 8.42 Å². The van der Waals surface area contributed by atoms with Gasteiger partial charge in [0, 0.05) is 25.6 Å². The number of carbonyl (C=O) groups excluding carboxylic acids is 1. The molecule has 2 aliphatic rings. The summed E-state index contributed by atoms with van der Waals surface area (Å²) < 4.78 is 33.4. The van der Waals surface area contributed by atoms with E-state index in [2.05, 4.69) is 17.4 Å². The van der Waals surface area contributed by atoms with Crippen LogP contribution in [0.4, 0.5) is 0 Å². The monoisotopic (exact) mass is 428 g/mol. The van der Waals surface area contributed by atoms with Crippen LogP contribution in [0, 0.1) is 5.92 Å². The third kappa shape index (κ3) is 4.43. The first-order valence-corrected chi connectivity index (χ1v) is 12.0. The number of amides is 1. The average molecular weight is 429 g/mol. The number of ether oxygens (including phenoxy) is 1. The van der Waals surface area contributed by atoms with Gasteiger partial charge in [0.2, 0.25) is 15.9 Å². The Morgan fingerprint density at radius 1 is 1.00 bits per heavy atom. The van der Waals surface area contributed by atoms with E-state index in [4.69, 9.17) is 4.74 Å². The van der Waals surface area contributed by atoms with E-state index in [0.29, 0.717) is 25.9 Å². The number of hydrogen-bond donors (Lipinski definition) is 1. The van der Waals surface area contributed by atoms with Crippen molar-refractivity contribution in [1.29, 1.82) is 0 Å². The predicted octanol–water partition coefficient (Wildman–Crippen LogP) is 3.12.